The molecular formula is C14H13NO4. The lowest BCUT2D eigenvalue weighted by Crippen LogP contribution is -2.16. The number of ether oxygens (including phenoxy) is 1. The molecule has 0 aliphatic heterocycles. The highest BCUT2D eigenvalue weighted by atomic mass is 16.5. The van der Waals surface area contributed by atoms with E-state index in [-0.39, 0.29) is 5.56 Å². The number of carboxylic acids is 1. The van der Waals surface area contributed by atoms with Crippen LogP contribution in [-0.2, 0) is 6.54 Å². The van der Waals surface area contributed by atoms with Crippen molar-refractivity contribution in [1.29, 1.82) is 0 Å². The Kier molecular flexibility index (Phi) is 3.66. The van der Waals surface area contributed by atoms with Gasteiger partial charge in [-0.1, -0.05) is 18.2 Å². The second-order valence-corrected chi connectivity index (χ2v) is 4.01. The average molecular weight is 259 g/mol. The summed E-state index contributed by atoms with van der Waals surface area (Å²) in [5.41, 5.74) is 0.172. The maximum atomic E-state index is 11.4. The number of nitrogens with zero attached hydrogens (tertiary/aromatic N) is 1. The fourth-order valence-corrected chi connectivity index (χ4v) is 1.81. The van der Waals surface area contributed by atoms with Crippen LogP contribution in [0.4, 0.5) is 0 Å². The molecule has 0 amide bonds. The van der Waals surface area contributed by atoms with Gasteiger partial charge in [0.15, 0.2) is 5.43 Å². The second-order valence-electron chi connectivity index (χ2n) is 4.01. The number of para-hydroxylation sites is 1. The van der Waals surface area contributed by atoms with Gasteiger partial charge in [0.25, 0.3) is 0 Å². The first-order valence-corrected chi connectivity index (χ1v) is 5.67. The number of carbonyl (C=O) groups is 1. The van der Waals surface area contributed by atoms with Gasteiger partial charge in [-0.25, -0.2) is 4.79 Å². The van der Waals surface area contributed by atoms with Crippen molar-refractivity contribution in [1.82, 2.24) is 4.57 Å². The average Bonchev–Trinajstić information content (AvgIpc) is 2.41. The van der Waals surface area contributed by atoms with Gasteiger partial charge >= 0.3 is 5.97 Å². The maximum Gasteiger partial charge on any atom is 0.341 e. The van der Waals surface area contributed by atoms with Gasteiger partial charge in [-0.3, -0.25) is 4.79 Å². The van der Waals surface area contributed by atoms with Crippen LogP contribution in [0.2, 0.25) is 0 Å². The van der Waals surface area contributed by atoms with Crippen molar-refractivity contribution >= 4 is 5.97 Å². The third-order valence-corrected chi connectivity index (χ3v) is 2.75. The number of hydrogen-bond acceptors (Lipinski definition) is 3. The summed E-state index contributed by atoms with van der Waals surface area (Å²) in [7, 11) is 1.58. The predicted octanol–water partition coefficient (Wildman–Crippen LogP) is 1.60. The van der Waals surface area contributed by atoms with E-state index in [1.165, 1.54) is 12.3 Å². The summed E-state index contributed by atoms with van der Waals surface area (Å²) in [5.74, 6) is -0.502. The molecule has 0 atom stereocenters. The number of carboxylic acid groups (broad SMARTS) is 1. The minimum atomic E-state index is -1.22. The number of aromatic carboxylic acids is 1. The summed E-state index contributed by atoms with van der Waals surface area (Å²) >= 11 is 0. The Morgan fingerprint density at radius 2 is 2.05 bits per heavy atom. The molecule has 0 aliphatic rings. The molecule has 0 saturated carbocycles. The number of methoxy groups -OCH3 is 1. The number of benzene rings is 1. The molecule has 0 unspecified atom stereocenters. The lowest BCUT2D eigenvalue weighted by Gasteiger charge is -2.11. The van der Waals surface area contributed by atoms with Crippen molar-refractivity contribution < 1.29 is 14.6 Å². The van der Waals surface area contributed by atoms with E-state index in [1.807, 2.05) is 24.3 Å². The summed E-state index contributed by atoms with van der Waals surface area (Å²) in [6.07, 6.45) is 2.89. The molecule has 19 heavy (non-hydrogen) atoms. The van der Waals surface area contributed by atoms with Gasteiger partial charge < -0.3 is 14.4 Å². The Bertz CT molecular complexity index is 660. The van der Waals surface area contributed by atoms with Crippen LogP contribution in [0.15, 0.2) is 47.5 Å². The van der Waals surface area contributed by atoms with E-state index in [4.69, 9.17) is 9.84 Å². The van der Waals surface area contributed by atoms with Gasteiger partial charge in [0.2, 0.25) is 0 Å². The molecule has 1 aromatic heterocycles. The summed E-state index contributed by atoms with van der Waals surface area (Å²) in [6.45, 7) is 0.435. The zero-order valence-electron chi connectivity index (χ0n) is 10.4. The Morgan fingerprint density at radius 3 is 2.74 bits per heavy atom. The number of aromatic nitrogens is 1. The predicted molar refractivity (Wildman–Crippen MR) is 69.8 cm³/mol. The lowest BCUT2D eigenvalue weighted by molar-refractivity contribution is 0.0694. The first-order valence-electron chi connectivity index (χ1n) is 5.67. The first kappa shape index (κ1) is 12.9. The summed E-state index contributed by atoms with van der Waals surface area (Å²) in [4.78, 5) is 22.3. The third-order valence-electron chi connectivity index (χ3n) is 2.75. The molecule has 0 fully saturated rings. The number of rotatable bonds is 4. The van der Waals surface area contributed by atoms with Gasteiger partial charge in [0.05, 0.1) is 13.7 Å². The Morgan fingerprint density at radius 1 is 1.32 bits per heavy atom. The highest BCUT2D eigenvalue weighted by Crippen LogP contribution is 2.18. The van der Waals surface area contributed by atoms with Crippen molar-refractivity contribution in [2.45, 2.75) is 6.54 Å². The fourth-order valence-electron chi connectivity index (χ4n) is 1.81. The molecule has 0 radical (unpaired) electrons. The molecular weight excluding hydrogens is 246 g/mol. The highest BCUT2D eigenvalue weighted by molar-refractivity contribution is 5.86. The van der Waals surface area contributed by atoms with Gasteiger partial charge in [-0.15, -0.1) is 0 Å². The highest BCUT2D eigenvalue weighted by Gasteiger charge is 2.09. The van der Waals surface area contributed by atoms with Crippen LogP contribution in [0.25, 0.3) is 0 Å². The van der Waals surface area contributed by atoms with Crippen LogP contribution in [0, 0.1) is 0 Å². The minimum Gasteiger partial charge on any atom is -0.496 e. The van der Waals surface area contributed by atoms with Crippen molar-refractivity contribution in [2.24, 2.45) is 0 Å². The Hall–Kier alpha value is -2.56. The Labute approximate surface area is 109 Å². The van der Waals surface area contributed by atoms with E-state index in [2.05, 4.69) is 0 Å². The van der Waals surface area contributed by atoms with Crippen LogP contribution >= 0.6 is 0 Å². The van der Waals surface area contributed by atoms with E-state index >= 15 is 0 Å². The van der Waals surface area contributed by atoms with E-state index in [0.717, 1.165) is 11.3 Å². The van der Waals surface area contributed by atoms with Crippen molar-refractivity contribution in [3.63, 3.8) is 0 Å². The molecule has 1 heterocycles. The number of pyridine rings is 1. The second kappa shape index (κ2) is 5.39. The van der Waals surface area contributed by atoms with Gasteiger partial charge in [0, 0.05) is 24.0 Å². The van der Waals surface area contributed by atoms with Crippen molar-refractivity contribution in [3.8, 4) is 5.75 Å². The van der Waals surface area contributed by atoms with Crippen molar-refractivity contribution in [2.75, 3.05) is 7.11 Å². The van der Waals surface area contributed by atoms with Crippen LogP contribution in [0.5, 0.6) is 5.75 Å². The molecule has 5 nitrogen and oxygen atoms in total. The molecule has 1 N–H and O–H groups in total. The Balaban J connectivity index is 2.36. The molecule has 0 bridgehead atoms. The van der Waals surface area contributed by atoms with Crippen LogP contribution < -0.4 is 10.2 Å². The monoisotopic (exact) mass is 259 g/mol. The molecule has 5 heteroatoms. The fraction of sp³-hybridized carbons (Fsp3) is 0.143. The first-order chi connectivity index (χ1) is 9.11. The summed E-state index contributed by atoms with van der Waals surface area (Å²) in [5, 5.41) is 8.92. The minimum absolute atomic E-state index is 0.239. The molecule has 1 aromatic carbocycles. The maximum absolute atomic E-state index is 11.4. The molecule has 0 saturated heterocycles. The quantitative estimate of drug-likeness (QED) is 0.905. The van der Waals surface area contributed by atoms with Gasteiger partial charge in [-0.05, 0) is 6.07 Å². The molecule has 0 aliphatic carbocycles. The zero-order chi connectivity index (χ0) is 13.8. The van der Waals surface area contributed by atoms with E-state index < -0.39 is 11.4 Å². The SMILES string of the molecule is COc1ccccc1Cn1ccc(=O)c(C(=O)O)c1. The molecule has 2 rings (SSSR count). The zero-order valence-corrected chi connectivity index (χ0v) is 10.4. The normalized spacial score (nSPS) is 10.2. The summed E-state index contributed by atoms with van der Waals surface area (Å²) < 4.78 is 6.87. The third kappa shape index (κ3) is 2.82. The van der Waals surface area contributed by atoms with Crippen LogP contribution in [0.1, 0.15) is 15.9 Å². The van der Waals surface area contributed by atoms with Gasteiger partial charge in [0.1, 0.15) is 11.3 Å². The topological polar surface area (TPSA) is 68.5 Å². The van der Waals surface area contributed by atoms with Crippen LogP contribution in [0.3, 0.4) is 0 Å². The van der Waals surface area contributed by atoms with Crippen molar-refractivity contribution in [3.05, 3.63) is 64.1 Å². The molecule has 98 valence electrons. The van der Waals surface area contributed by atoms with E-state index in [0.29, 0.717) is 6.54 Å². The smallest absolute Gasteiger partial charge is 0.341 e. The molecule has 0 spiro atoms. The van der Waals surface area contributed by atoms with Crippen LogP contribution in [-0.4, -0.2) is 22.8 Å². The largest absolute Gasteiger partial charge is 0.496 e. The van der Waals surface area contributed by atoms with E-state index in [1.54, 1.807) is 17.9 Å². The molecule has 2 aromatic rings. The lowest BCUT2D eigenvalue weighted by atomic mass is 10.2. The standard InChI is InChI=1S/C14H13NO4/c1-19-13-5-3-2-4-10(13)8-15-7-6-12(16)11(9-15)14(17)18/h2-7,9H,8H2,1H3,(H,17,18). The summed E-state index contributed by atoms with van der Waals surface area (Å²) in [6, 6.07) is 8.70. The van der Waals surface area contributed by atoms with Gasteiger partial charge in [-0.2, -0.15) is 0 Å². The number of hydrogen-bond donors (Lipinski definition) is 1. The van der Waals surface area contributed by atoms with E-state index in [9.17, 15) is 9.59 Å².